The highest BCUT2D eigenvalue weighted by Crippen LogP contribution is 2.22. The van der Waals surface area contributed by atoms with Gasteiger partial charge in [0, 0.05) is 19.0 Å². The Morgan fingerprint density at radius 2 is 1.83 bits per heavy atom. The highest BCUT2D eigenvalue weighted by molar-refractivity contribution is 5.79. The first-order valence-corrected chi connectivity index (χ1v) is 7.52. The van der Waals surface area contributed by atoms with Gasteiger partial charge < -0.3 is 15.1 Å². The largest absolute Gasteiger partial charge is 0.443 e. The van der Waals surface area contributed by atoms with Crippen molar-refractivity contribution in [1.29, 1.82) is 0 Å². The van der Waals surface area contributed by atoms with E-state index in [-0.39, 0.29) is 11.2 Å². The summed E-state index contributed by atoms with van der Waals surface area (Å²) in [6, 6.07) is 6.35. The molecule has 0 amide bonds. The monoisotopic (exact) mass is 318 g/mol. The molecule has 1 aromatic carbocycles. The van der Waals surface area contributed by atoms with Crippen LogP contribution < -0.4 is 10.6 Å². The van der Waals surface area contributed by atoms with Crippen LogP contribution in [0.1, 0.15) is 38.0 Å². The number of guanidine groups is 1. The minimum absolute atomic E-state index is 0.0617. The molecule has 0 fully saturated rings. The van der Waals surface area contributed by atoms with Crippen molar-refractivity contribution in [2.24, 2.45) is 4.99 Å². The number of nitrogens with zero attached hydrogens (tertiary/aromatic N) is 2. The quantitative estimate of drug-likeness (QED) is 0.672. The van der Waals surface area contributed by atoms with Crippen LogP contribution >= 0.6 is 0 Å². The van der Waals surface area contributed by atoms with Crippen molar-refractivity contribution in [1.82, 2.24) is 15.6 Å². The Hall–Kier alpha value is -2.37. The van der Waals surface area contributed by atoms with Gasteiger partial charge in [0.15, 0.2) is 5.96 Å². The smallest absolute Gasteiger partial charge is 0.213 e. The molecule has 0 radical (unpaired) electrons. The normalized spacial score (nSPS) is 12.3. The molecule has 0 aliphatic carbocycles. The van der Waals surface area contributed by atoms with Crippen LogP contribution in [0.5, 0.6) is 0 Å². The molecule has 0 aliphatic rings. The topological polar surface area (TPSA) is 62.5 Å². The molecule has 0 aliphatic heterocycles. The van der Waals surface area contributed by atoms with Gasteiger partial charge in [-0.05, 0) is 17.7 Å². The first-order valence-electron chi connectivity index (χ1n) is 7.52. The van der Waals surface area contributed by atoms with Crippen molar-refractivity contribution in [2.75, 3.05) is 7.05 Å². The maximum Gasteiger partial charge on any atom is 0.213 e. The van der Waals surface area contributed by atoms with E-state index < -0.39 is 0 Å². The first-order chi connectivity index (χ1) is 10.9. The van der Waals surface area contributed by atoms with Crippen LogP contribution in [0, 0.1) is 5.82 Å². The van der Waals surface area contributed by atoms with Crippen LogP contribution in [-0.4, -0.2) is 18.0 Å². The zero-order valence-corrected chi connectivity index (χ0v) is 14.0. The molecule has 1 heterocycles. The highest BCUT2D eigenvalue weighted by Gasteiger charge is 2.19. The number of benzene rings is 1. The van der Waals surface area contributed by atoms with Gasteiger partial charge in [0.05, 0.1) is 12.7 Å². The lowest BCUT2D eigenvalue weighted by molar-refractivity contribution is 0.379. The van der Waals surface area contributed by atoms with Crippen LogP contribution in [-0.2, 0) is 18.5 Å². The molecular formula is C17H23FN4O. The second-order valence-electron chi connectivity index (χ2n) is 6.27. The molecular weight excluding hydrogens is 295 g/mol. The number of rotatable bonds is 4. The van der Waals surface area contributed by atoms with E-state index in [0.717, 1.165) is 11.3 Å². The Morgan fingerprint density at radius 3 is 2.39 bits per heavy atom. The highest BCUT2D eigenvalue weighted by atomic mass is 19.1. The molecule has 5 nitrogen and oxygen atoms in total. The lowest BCUT2D eigenvalue weighted by Crippen LogP contribution is -2.36. The summed E-state index contributed by atoms with van der Waals surface area (Å²) < 4.78 is 18.6. The minimum atomic E-state index is -0.241. The minimum Gasteiger partial charge on any atom is -0.443 e. The standard InChI is InChI=1S/C17H23FN4O/c1-17(2,3)14-10-20-15(23-14)11-22-16(19-4)21-9-12-5-7-13(18)8-6-12/h5-8,10H,9,11H2,1-4H3,(H2,19,21,22). The summed E-state index contributed by atoms with van der Waals surface area (Å²) in [5.74, 6) is 1.85. The van der Waals surface area contributed by atoms with E-state index in [2.05, 4.69) is 41.4 Å². The predicted octanol–water partition coefficient (Wildman–Crippen LogP) is 2.98. The summed E-state index contributed by atoms with van der Waals surface area (Å²) >= 11 is 0. The Morgan fingerprint density at radius 1 is 1.17 bits per heavy atom. The molecule has 23 heavy (non-hydrogen) atoms. The van der Waals surface area contributed by atoms with E-state index in [9.17, 15) is 4.39 Å². The number of aromatic nitrogens is 1. The summed E-state index contributed by atoms with van der Waals surface area (Å²) in [7, 11) is 1.69. The van der Waals surface area contributed by atoms with Gasteiger partial charge in [0.25, 0.3) is 0 Å². The third-order valence-electron chi connectivity index (χ3n) is 3.30. The van der Waals surface area contributed by atoms with Gasteiger partial charge >= 0.3 is 0 Å². The molecule has 2 aromatic rings. The summed E-state index contributed by atoms with van der Waals surface area (Å²) in [5.41, 5.74) is 0.911. The Balaban J connectivity index is 1.85. The van der Waals surface area contributed by atoms with Crippen LogP contribution in [0.25, 0.3) is 0 Å². The fraction of sp³-hybridized carbons (Fsp3) is 0.412. The predicted molar refractivity (Wildman–Crippen MR) is 88.6 cm³/mol. The van der Waals surface area contributed by atoms with E-state index in [1.807, 2.05) is 0 Å². The zero-order valence-electron chi connectivity index (χ0n) is 14.0. The van der Waals surface area contributed by atoms with Gasteiger partial charge in [0.2, 0.25) is 5.89 Å². The fourth-order valence-corrected chi connectivity index (χ4v) is 1.91. The number of aliphatic imine (C=N–C) groups is 1. The second-order valence-corrected chi connectivity index (χ2v) is 6.27. The fourth-order valence-electron chi connectivity index (χ4n) is 1.91. The molecule has 0 bridgehead atoms. The molecule has 1 aromatic heterocycles. The van der Waals surface area contributed by atoms with Crippen LogP contribution in [0.15, 0.2) is 39.9 Å². The number of hydrogen-bond donors (Lipinski definition) is 2. The molecule has 2 rings (SSSR count). The zero-order chi connectivity index (χ0) is 16.9. The van der Waals surface area contributed by atoms with E-state index in [0.29, 0.717) is 24.9 Å². The van der Waals surface area contributed by atoms with Gasteiger partial charge in [-0.25, -0.2) is 9.37 Å². The maximum absolute atomic E-state index is 12.9. The third-order valence-corrected chi connectivity index (χ3v) is 3.30. The van der Waals surface area contributed by atoms with Crippen LogP contribution in [0.3, 0.4) is 0 Å². The van der Waals surface area contributed by atoms with Crippen LogP contribution in [0.4, 0.5) is 4.39 Å². The Labute approximate surface area is 136 Å². The van der Waals surface area contributed by atoms with Crippen molar-refractivity contribution in [2.45, 2.75) is 39.3 Å². The van der Waals surface area contributed by atoms with Crippen molar-refractivity contribution < 1.29 is 8.81 Å². The Bertz CT molecular complexity index is 656. The van der Waals surface area contributed by atoms with Gasteiger partial charge in [-0.2, -0.15) is 0 Å². The second kappa shape index (κ2) is 7.26. The lowest BCUT2D eigenvalue weighted by Gasteiger charge is -2.13. The number of halogens is 1. The van der Waals surface area contributed by atoms with E-state index >= 15 is 0 Å². The lowest BCUT2D eigenvalue weighted by atomic mass is 9.94. The molecule has 0 saturated heterocycles. The molecule has 124 valence electrons. The number of nitrogens with one attached hydrogen (secondary N) is 2. The number of hydrogen-bond acceptors (Lipinski definition) is 3. The maximum atomic E-state index is 12.9. The van der Waals surface area contributed by atoms with Crippen molar-refractivity contribution in [3.63, 3.8) is 0 Å². The van der Waals surface area contributed by atoms with Crippen molar-refractivity contribution in [3.8, 4) is 0 Å². The SMILES string of the molecule is CN=C(NCc1ccc(F)cc1)NCc1ncc(C(C)(C)C)o1. The van der Waals surface area contributed by atoms with Gasteiger partial charge in [-0.3, -0.25) is 4.99 Å². The number of oxazole rings is 1. The molecule has 0 atom stereocenters. The average molecular weight is 318 g/mol. The summed E-state index contributed by atoms with van der Waals surface area (Å²) in [6.45, 7) is 7.23. The van der Waals surface area contributed by atoms with Gasteiger partial charge in [-0.1, -0.05) is 32.9 Å². The summed E-state index contributed by atoms with van der Waals surface area (Å²) in [6.07, 6.45) is 1.76. The third kappa shape index (κ3) is 5.09. The first kappa shape index (κ1) is 17.0. The van der Waals surface area contributed by atoms with Crippen molar-refractivity contribution in [3.05, 3.63) is 53.5 Å². The molecule has 0 unspecified atom stereocenters. The molecule has 6 heteroatoms. The van der Waals surface area contributed by atoms with Gasteiger partial charge in [0.1, 0.15) is 11.6 Å². The molecule has 0 saturated carbocycles. The average Bonchev–Trinajstić information content (AvgIpc) is 2.98. The van der Waals surface area contributed by atoms with E-state index in [4.69, 9.17) is 4.42 Å². The summed E-state index contributed by atoms with van der Waals surface area (Å²) in [4.78, 5) is 8.41. The van der Waals surface area contributed by atoms with E-state index in [1.165, 1.54) is 12.1 Å². The molecule has 2 N–H and O–H groups in total. The van der Waals surface area contributed by atoms with Crippen LogP contribution in [0.2, 0.25) is 0 Å². The van der Waals surface area contributed by atoms with Gasteiger partial charge in [-0.15, -0.1) is 0 Å². The van der Waals surface area contributed by atoms with E-state index in [1.54, 1.807) is 25.4 Å². The molecule has 0 spiro atoms. The van der Waals surface area contributed by atoms with Crippen molar-refractivity contribution >= 4 is 5.96 Å². The summed E-state index contributed by atoms with van der Waals surface area (Å²) in [5, 5.41) is 6.30. The Kier molecular flexibility index (Phi) is 5.36.